The molecular formula is C21H24N6O. The number of carbonyl (C=O) groups excluding carboxylic acids is 1. The molecule has 4 N–H and O–H groups in total. The van der Waals surface area contributed by atoms with Crippen LogP contribution in [0.25, 0.3) is 0 Å². The molecule has 3 unspecified atom stereocenters. The fourth-order valence-electron chi connectivity index (χ4n) is 4.43. The fourth-order valence-corrected chi connectivity index (χ4v) is 4.43. The van der Waals surface area contributed by atoms with Gasteiger partial charge in [-0.3, -0.25) is 10.2 Å². The van der Waals surface area contributed by atoms with E-state index in [0.717, 1.165) is 30.5 Å². The lowest BCUT2D eigenvalue weighted by molar-refractivity contribution is -0.127. The van der Waals surface area contributed by atoms with E-state index in [1.807, 2.05) is 36.1 Å². The van der Waals surface area contributed by atoms with Gasteiger partial charge in [-0.2, -0.15) is 0 Å². The summed E-state index contributed by atoms with van der Waals surface area (Å²) < 4.78 is 0. The molecule has 7 heteroatoms. The molecule has 2 aromatic rings. The summed E-state index contributed by atoms with van der Waals surface area (Å²) in [7, 11) is 0. The monoisotopic (exact) mass is 376 g/mol. The number of nitrogens with one attached hydrogen (secondary N) is 2. The molecule has 4 rings (SSSR count). The van der Waals surface area contributed by atoms with Crippen molar-refractivity contribution in [1.29, 1.82) is 5.41 Å². The maximum Gasteiger partial charge on any atom is 0.246 e. The summed E-state index contributed by atoms with van der Waals surface area (Å²) in [5.74, 6) is 1.26. The van der Waals surface area contributed by atoms with E-state index in [4.69, 9.17) is 11.1 Å². The molecule has 2 fully saturated rings. The number of benzene rings is 1. The number of fused-ring (bicyclic) bond motifs is 2. The SMILES string of the molecule is C=CC(=O)N1CC2CC(Nc3ncnc(N)c3C(=N)c3cccc(C)c3)C1C2. The highest BCUT2D eigenvalue weighted by Crippen LogP contribution is 2.39. The van der Waals surface area contributed by atoms with Gasteiger partial charge in [0, 0.05) is 18.2 Å². The minimum atomic E-state index is -0.0334. The molecular weight excluding hydrogens is 352 g/mol. The Bertz CT molecular complexity index is 956. The number of piperidine rings is 1. The topological polar surface area (TPSA) is 108 Å². The Morgan fingerprint density at radius 3 is 2.93 bits per heavy atom. The zero-order valence-electron chi connectivity index (χ0n) is 15.9. The minimum Gasteiger partial charge on any atom is -0.383 e. The van der Waals surface area contributed by atoms with Crippen LogP contribution < -0.4 is 11.1 Å². The van der Waals surface area contributed by atoms with Crippen molar-refractivity contribution in [2.75, 3.05) is 17.6 Å². The molecule has 0 radical (unpaired) electrons. The predicted molar refractivity (Wildman–Crippen MR) is 109 cm³/mol. The lowest BCUT2D eigenvalue weighted by atomic mass is 10.0. The van der Waals surface area contributed by atoms with Gasteiger partial charge in [-0.15, -0.1) is 0 Å². The van der Waals surface area contributed by atoms with Crippen molar-refractivity contribution in [3.8, 4) is 0 Å². The Hall–Kier alpha value is -3.22. The second-order valence-corrected chi connectivity index (χ2v) is 7.58. The normalized spacial score (nSPS) is 22.9. The standard InChI is InChI=1S/C21H24N6O/c1-3-17(28)27-10-13-8-15(16(27)9-13)26-21-18(20(23)24-11-25-21)19(22)14-6-4-5-12(2)7-14/h3-7,11,13,15-16,22H,1,8-10H2,2H3,(H3,23,24,25,26). The number of nitrogen functional groups attached to an aromatic ring is 1. The van der Waals surface area contributed by atoms with Crippen molar-refractivity contribution in [2.45, 2.75) is 31.8 Å². The summed E-state index contributed by atoms with van der Waals surface area (Å²) in [6.07, 6.45) is 4.72. The van der Waals surface area contributed by atoms with Crippen LogP contribution in [0.3, 0.4) is 0 Å². The van der Waals surface area contributed by atoms with Crippen molar-refractivity contribution >= 4 is 23.3 Å². The molecule has 28 heavy (non-hydrogen) atoms. The van der Waals surface area contributed by atoms with Crippen LogP contribution >= 0.6 is 0 Å². The van der Waals surface area contributed by atoms with E-state index in [1.54, 1.807) is 0 Å². The van der Waals surface area contributed by atoms with Gasteiger partial charge >= 0.3 is 0 Å². The quantitative estimate of drug-likeness (QED) is 0.548. The maximum atomic E-state index is 12.1. The molecule has 0 spiro atoms. The highest BCUT2D eigenvalue weighted by Gasteiger charge is 2.46. The van der Waals surface area contributed by atoms with E-state index < -0.39 is 0 Å². The number of rotatable bonds is 5. The van der Waals surface area contributed by atoms with Gasteiger partial charge in [0.2, 0.25) is 5.91 Å². The van der Waals surface area contributed by atoms with Gasteiger partial charge in [0.25, 0.3) is 0 Å². The number of anilines is 2. The number of likely N-dealkylation sites (tertiary alicyclic amines) is 1. The third kappa shape index (κ3) is 3.13. The molecule has 2 bridgehead atoms. The van der Waals surface area contributed by atoms with Crippen LogP contribution in [0, 0.1) is 18.3 Å². The number of carbonyl (C=O) groups is 1. The van der Waals surface area contributed by atoms with Crippen molar-refractivity contribution in [1.82, 2.24) is 14.9 Å². The first-order valence-electron chi connectivity index (χ1n) is 9.44. The Morgan fingerprint density at radius 2 is 2.21 bits per heavy atom. The lowest BCUT2D eigenvalue weighted by Gasteiger charge is -2.33. The second kappa shape index (κ2) is 7.07. The average Bonchev–Trinajstić information content (AvgIpc) is 3.27. The molecule has 3 atom stereocenters. The van der Waals surface area contributed by atoms with E-state index in [1.165, 1.54) is 12.4 Å². The molecule has 1 aromatic heterocycles. The van der Waals surface area contributed by atoms with Crippen molar-refractivity contribution in [3.05, 3.63) is 59.9 Å². The Morgan fingerprint density at radius 1 is 1.39 bits per heavy atom. The van der Waals surface area contributed by atoms with Gasteiger partial charge in [0.1, 0.15) is 18.0 Å². The fraction of sp³-hybridized carbons (Fsp3) is 0.333. The van der Waals surface area contributed by atoms with Crippen LogP contribution in [0.1, 0.15) is 29.5 Å². The van der Waals surface area contributed by atoms with Gasteiger partial charge in [0.05, 0.1) is 17.3 Å². The number of hydrogen-bond donors (Lipinski definition) is 3. The van der Waals surface area contributed by atoms with Crippen LogP contribution in [0.5, 0.6) is 0 Å². The van der Waals surface area contributed by atoms with Gasteiger partial charge in [-0.25, -0.2) is 9.97 Å². The predicted octanol–water partition coefficient (Wildman–Crippen LogP) is 2.37. The first-order valence-corrected chi connectivity index (χ1v) is 9.44. The molecule has 2 heterocycles. The van der Waals surface area contributed by atoms with E-state index in [-0.39, 0.29) is 29.5 Å². The van der Waals surface area contributed by atoms with Crippen molar-refractivity contribution in [3.63, 3.8) is 0 Å². The van der Waals surface area contributed by atoms with Gasteiger partial charge in [-0.05, 0) is 37.8 Å². The third-order valence-corrected chi connectivity index (χ3v) is 5.69. The molecule has 1 aromatic carbocycles. The largest absolute Gasteiger partial charge is 0.383 e. The van der Waals surface area contributed by atoms with Crippen LogP contribution in [-0.4, -0.2) is 45.1 Å². The minimum absolute atomic E-state index is 0.0334. The number of hydrogen-bond acceptors (Lipinski definition) is 6. The Balaban J connectivity index is 1.63. The van der Waals surface area contributed by atoms with E-state index in [2.05, 4.69) is 21.9 Å². The summed E-state index contributed by atoms with van der Waals surface area (Å²) in [6.45, 7) is 6.38. The summed E-state index contributed by atoms with van der Waals surface area (Å²) >= 11 is 0. The zero-order chi connectivity index (χ0) is 19.8. The summed E-state index contributed by atoms with van der Waals surface area (Å²) in [5, 5.41) is 12.1. The molecule has 1 aliphatic carbocycles. The summed E-state index contributed by atoms with van der Waals surface area (Å²) in [5.41, 5.74) is 8.75. The van der Waals surface area contributed by atoms with Gasteiger partial charge < -0.3 is 16.0 Å². The molecule has 1 saturated carbocycles. The molecule has 2 aliphatic rings. The number of aryl methyl sites for hydroxylation is 1. The van der Waals surface area contributed by atoms with Gasteiger partial charge in [-0.1, -0.05) is 30.3 Å². The Kier molecular flexibility index (Phi) is 4.58. The number of amides is 1. The van der Waals surface area contributed by atoms with E-state index in [9.17, 15) is 4.79 Å². The molecule has 1 saturated heterocycles. The lowest BCUT2D eigenvalue weighted by Crippen LogP contribution is -2.47. The Labute approximate surface area is 164 Å². The zero-order valence-corrected chi connectivity index (χ0v) is 15.9. The van der Waals surface area contributed by atoms with E-state index in [0.29, 0.717) is 17.3 Å². The van der Waals surface area contributed by atoms with Crippen LogP contribution in [0.4, 0.5) is 11.6 Å². The van der Waals surface area contributed by atoms with E-state index >= 15 is 0 Å². The maximum absolute atomic E-state index is 12.1. The second-order valence-electron chi connectivity index (χ2n) is 7.58. The van der Waals surface area contributed by atoms with Crippen LogP contribution in [-0.2, 0) is 4.79 Å². The highest BCUT2D eigenvalue weighted by molar-refractivity contribution is 6.16. The number of nitrogens with two attached hydrogens (primary N) is 1. The smallest absolute Gasteiger partial charge is 0.246 e. The molecule has 1 aliphatic heterocycles. The number of nitrogens with zero attached hydrogens (tertiary/aromatic N) is 3. The van der Waals surface area contributed by atoms with Crippen molar-refractivity contribution in [2.24, 2.45) is 5.92 Å². The van der Waals surface area contributed by atoms with Crippen LogP contribution in [0.15, 0.2) is 43.2 Å². The third-order valence-electron chi connectivity index (χ3n) is 5.69. The van der Waals surface area contributed by atoms with Gasteiger partial charge in [0.15, 0.2) is 0 Å². The molecule has 7 nitrogen and oxygen atoms in total. The first kappa shape index (κ1) is 18.2. The molecule has 144 valence electrons. The summed E-state index contributed by atoms with van der Waals surface area (Å²) in [4.78, 5) is 22.5. The first-order chi connectivity index (χ1) is 13.5. The van der Waals surface area contributed by atoms with Crippen LogP contribution in [0.2, 0.25) is 0 Å². The average molecular weight is 376 g/mol. The molecule has 1 amide bonds. The summed E-state index contributed by atoms with van der Waals surface area (Å²) in [6, 6.07) is 7.91. The van der Waals surface area contributed by atoms with Crippen molar-refractivity contribution < 1.29 is 4.79 Å². The highest BCUT2D eigenvalue weighted by atomic mass is 16.2. The number of aromatic nitrogens is 2.